The number of ether oxygens (including phenoxy) is 1. The minimum Gasteiger partial charge on any atom is -0.491 e. The van der Waals surface area contributed by atoms with Crippen LogP contribution >= 0.6 is 22.9 Å². The molecule has 0 unspecified atom stereocenters. The van der Waals surface area contributed by atoms with E-state index in [4.69, 9.17) is 16.3 Å². The lowest BCUT2D eigenvalue weighted by Gasteiger charge is -2.09. The Balaban J connectivity index is 2.23. The van der Waals surface area contributed by atoms with Gasteiger partial charge in [0.15, 0.2) is 0 Å². The van der Waals surface area contributed by atoms with Gasteiger partial charge in [0.25, 0.3) is 0 Å². The van der Waals surface area contributed by atoms with Crippen LogP contribution in [0.3, 0.4) is 0 Å². The summed E-state index contributed by atoms with van der Waals surface area (Å²) in [5, 5.41) is 0.948. The number of halogens is 1. The normalized spacial score (nSPS) is 10.9. The standard InChI is InChI=1S/C13H14ClNOS/c1-8(2)16-11-6-4-10(5-7-11)13-15-9(3)12(14)17-13/h4-8H,1-3H3. The lowest BCUT2D eigenvalue weighted by Crippen LogP contribution is -2.05. The number of aromatic nitrogens is 1. The highest BCUT2D eigenvalue weighted by molar-refractivity contribution is 7.19. The summed E-state index contributed by atoms with van der Waals surface area (Å²) in [7, 11) is 0. The van der Waals surface area contributed by atoms with E-state index >= 15 is 0 Å². The Hall–Kier alpha value is -1.06. The van der Waals surface area contributed by atoms with Gasteiger partial charge in [-0.25, -0.2) is 4.98 Å². The van der Waals surface area contributed by atoms with E-state index in [1.807, 2.05) is 45.0 Å². The number of hydrogen-bond acceptors (Lipinski definition) is 3. The summed E-state index contributed by atoms with van der Waals surface area (Å²) in [5.41, 5.74) is 1.95. The third-order valence-corrected chi connectivity index (χ3v) is 3.71. The second-order valence-electron chi connectivity index (χ2n) is 4.07. The number of benzene rings is 1. The van der Waals surface area contributed by atoms with E-state index < -0.39 is 0 Å². The number of rotatable bonds is 3. The molecule has 0 radical (unpaired) electrons. The third kappa shape index (κ3) is 2.99. The molecule has 2 rings (SSSR count). The van der Waals surface area contributed by atoms with Crippen molar-refractivity contribution in [3.8, 4) is 16.3 Å². The van der Waals surface area contributed by atoms with Crippen molar-refractivity contribution in [1.82, 2.24) is 4.98 Å². The van der Waals surface area contributed by atoms with Crippen molar-refractivity contribution >= 4 is 22.9 Å². The lowest BCUT2D eigenvalue weighted by molar-refractivity contribution is 0.242. The molecule has 1 aromatic heterocycles. The van der Waals surface area contributed by atoms with E-state index in [2.05, 4.69) is 4.98 Å². The van der Waals surface area contributed by atoms with Crippen molar-refractivity contribution in [2.75, 3.05) is 0 Å². The summed E-state index contributed by atoms with van der Waals surface area (Å²) >= 11 is 7.51. The van der Waals surface area contributed by atoms with Crippen molar-refractivity contribution in [1.29, 1.82) is 0 Å². The first-order chi connectivity index (χ1) is 8.06. The molecule has 0 saturated carbocycles. The molecule has 0 aliphatic rings. The average Bonchev–Trinajstić information content (AvgIpc) is 2.59. The Morgan fingerprint density at radius 2 is 1.88 bits per heavy atom. The second kappa shape index (κ2) is 5.07. The maximum atomic E-state index is 6.01. The molecule has 0 aliphatic carbocycles. The summed E-state index contributed by atoms with van der Waals surface area (Å²) < 4.78 is 6.34. The largest absolute Gasteiger partial charge is 0.491 e. The Bertz CT molecular complexity index is 485. The van der Waals surface area contributed by atoms with Crippen molar-refractivity contribution in [3.63, 3.8) is 0 Å². The molecule has 0 aliphatic heterocycles. The first-order valence-electron chi connectivity index (χ1n) is 5.46. The summed E-state index contributed by atoms with van der Waals surface area (Å²) in [6.07, 6.45) is 0.192. The van der Waals surface area contributed by atoms with Crippen LogP contribution in [0.4, 0.5) is 0 Å². The van der Waals surface area contributed by atoms with Crippen LogP contribution in [0.1, 0.15) is 19.5 Å². The molecular formula is C13H14ClNOS. The van der Waals surface area contributed by atoms with E-state index in [0.29, 0.717) is 0 Å². The minimum atomic E-state index is 0.192. The van der Waals surface area contributed by atoms with Gasteiger partial charge in [0, 0.05) is 5.56 Å². The van der Waals surface area contributed by atoms with Crippen molar-refractivity contribution in [2.24, 2.45) is 0 Å². The fraction of sp³-hybridized carbons (Fsp3) is 0.308. The quantitative estimate of drug-likeness (QED) is 0.813. The zero-order valence-electron chi connectivity index (χ0n) is 10.0. The van der Waals surface area contributed by atoms with E-state index in [0.717, 1.165) is 26.4 Å². The molecular weight excluding hydrogens is 254 g/mol. The number of aryl methyl sites for hydroxylation is 1. The number of hydrogen-bond donors (Lipinski definition) is 0. The molecule has 2 nitrogen and oxygen atoms in total. The van der Waals surface area contributed by atoms with Crippen LogP contribution in [-0.4, -0.2) is 11.1 Å². The van der Waals surface area contributed by atoms with Gasteiger partial charge in [-0.3, -0.25) is 0 Å². The van der Waals surface area contributed by atoms with Crippen LogP contribution in [0.2, 0.25) is 4.34 Å². The van der Waals surface area contributed by atoms with Crippen molar-refractivity contribution in [3.05, 3.63) is 34.3 Å². The van der Waals surface area contributed by atoms with Gasteiger partial charge in [0.2, 0.25) is 0 Å². The molecule has 17 heavy (non-hydrogen) atoms. The third-order valence-electron chi connectivity index (χ3n) is 2.21. The van der Waals surface area contributed by atoms with Crippen LogP contribution in [0, 0.1) is 6.92 Å². The molecule has 0 bridgehead atoms. The number of thiazole rings is 1. The highest BCUT2D eigenvalue weighted by Gasteiger charge is 2.07. The topological polar surface area (TPSA) is 22.1 Å². The second-order valence-corrected chi connectivity index (χ2v) is 5.67. The molecule has 0 atom stereocenters. The molecule has 90 valence electrons. The van der Waals surface area contributed by atoms with Gasteiger partial charge < -0.3 is 4.74 Å². The average molecular weight is 268 g/mol. The Kier molecular flexibility index (Phi) is 3.69. The summed E-state index contributed by atoms with van der Waals surface area (Å²) in [4.78, 5) is 4.42. The highest BCUT2D eigenvalue weighted by atomic mass is 35.5. The molecule has 0 fully saturated rings. The van der Waals surface area contributed by atoms with E-state index in [9.17, 15) is 0 Å². The molecule has 4 heteroatoms. The first-order valence-corrected chi connectivity index (χ1v) is 6.65. The van der Waals surface area contributed by atoms with Gasteiger partial charge in [0.05, 0.1) is 11.8 Å². The predicted octanol–water partition coefficient (Wildman–Crippen LogP) is 4.56. The summed E-state index contributed by atoms with van der Waals surface area (Å²) in [6.45, 7) is 5.94. The van der Waals surface area contributed by atoms with E-state index in [-0.39, 0.29) is 6.10 Å². The Morgan fingerprint density at radius 1 is 1.24 bits per heavy atom. The SMILES string of the molecule is Cc1nc(-c2ccc(OC(C)C)cc2)sc1Cl. The van der Waals surface area contributed by atoms with Gasteiger partial charge in [-0.2, -0.15) is 0 Å². The Morgan fingerprint density at radius 3 is 2.35 bits per heavy atom. The lowest BCUT2D eigenvalue weighted by atomic mass is 10.2. The van der Waals surface area contributed by atoms with E-state index in [1.165, 1.54) is 11.3 Å². The van der Waals surface area contributed by atoms with Crippen LogP contribution in [-0.2, 0) is 0 Å². The molecule has 0 spiro atoms. The maximum absolute atomic E-state index is 6.01. The fourth-order valence-electron chi connectivity index (χ4n) is 1.45. The van der Waals surface area contributed by atoms with Crippen LogP contribution in [0.25, 0.3) is 10.6 Å². The monoisotopic (exact) mass is 267 g/mol. The van der Waals surface area contributed by atoms with Gasteiger partial charge >= 0.3 is 0 Å². The molecule has 1 aromatic carbocycles. The number of nitrogens with zero attached hydrogens (tertiary/aromatic N) is 1. The summed E-state index contributed by atoms with van der Waals surface area (Å²) in [5.74, 6) is 0.878. The molecule has 0 saturated heterocycles. The zero-order chi connectivity index (χ0) is 12.4. The van der Waals surface area contributed by atoms with Gasteiger partial charge in [-0.15, -0.1) is 11.3 Å². The molecule has 0 amide bonds. The minimum absolute atomic E-state index is 0.192. The summed E-state index contributed by atoms with van der Waals surface area (Å²) in [6, 6.07) is 7.93. The van der Waals surface area contributed by atoms with Crippen LogP contribution in [0.5, 0.6) is 5.75 Å². The molecule has 1 heterocycles. The van der Waals surface area contributed by atoms with Crippen molar-refractivity contribution in [2.45, 2.75) is 26.9 Å². The van der Waals surface area contributed by atoms with Gasteiger partial charge in [-0.05, 0) is 45.0 Å². The van der Waals surface area contributed by atoms with Gasteiger partial charge in [-0.1, -0.05) is 11.6 Å². The smallest absolute Gasteiger partial charge is 0.125 e. The van der Waals surface area contributed by atoms with E-state index in [1.54, 1.807) is 0 Å². The zero-order valence-corrected chi connectivity index (χ0v) is 11.6. The first kappa shape index (κ1) is 12.4. The Labute approximate surface area is 110 Å². The highest BCUT2D eigenvalue weighted by Crippen LogP contribution is 2.32. The van der Waals surface area contributed by atoms with Crippen LogP contribution < -0.4 is 4.74 Å². The molecule has 2 aromatic rings. The fourth-order valence-corrected chi connectivity index (χ4v) is 2.51. The maximum Gasteiger partial charge on any atom is 0.125 e. The van der Waals surface area contributed by atoms with Crippen LogP contribution in [0.15, 0.2) is 24.3 Å². The predicted molar refractivity (Wildman–Crippen MR) is 73.1 cm³/mol. The molecule has 0 N–H and O–H groups in total. The van der Waals surface area contributed by atoms with Crippen molar-refractivity contribution < 1.29 is 4.74 Å². The van der Waals surface area contributed by atoms with Gasteiger partial charge in [0.1, 0.15) is 15.1 Å².